The van der Waals surface area contributed by atoms with E-state index in [1.807, 2.05) is 0 Å². The molecule has 1 unspecified atom stereocenters. The molecule has 0 spiro atoms. The first-order chi connectivity index (χ1) is 14.0. The quantitative estimate of drug-likeness (QED) is 0.716. The summed E-state index contributed by atoms with van der Waals surface area (Å²) in [7, 11) is 0. The van der Waals surface area contributed by atoms with Crippen molar-refractivity contribution in [1.29, 1.82) is 0 Å². The van der Waals surface area contributed by atoms with Crippen molar-refractivity contribution >= 4 is 17.5 Å². The van der Waals surface area contributed by atoms with Gasteiger partial charge in [-0.2, -0.15) is 0 Å². The molecule has 2 amide bonds. The number of imide groups is 1. The second-order valence-corrected chi connectivity index (χ2v) is 9.27. The minimum atomic E-state index is -0.190. The Morgan fingerprint density at radius 3 is 2.55 bits per heavy atom. The van der Waals surface area contributed by atoms with E-state index < -0.39 is 0 Å². The summed E-state index contributed by atoms with van der Waals surface area (Å²) in [5.74, 6) is -0.293. The Morgan fingerprint density at radius 1 is 1.07 bits per heavy atom. The first-order valence-corrected chi connectivity index (χ1v) is 10.9. The summed E-state index contributed by atoms with van der Waals surface area (Å²) in [6.07, 6.45) is 4.57. The molecule has 29 heavy (non-hydrogen) atoms. The van der Waals surface area contributed by atoms with E-state index in [-0.39, 0.29) is 23.4 Å². The summed E-state index contributed by atoms with van der Waals surface area (Å²) in [5.41, 5.74) is 10.3. The topological polar surface area (TPSA) is 81.9 Å². The van der Waals surface area contributed by atoms with E-state index in [1.54, 1.807) is 0 Å². The number of carbonyl (C=O) groups is 2. The number of anilines is 1. The van der Waals surface area contributed by atoms with Crippen LogP contribution in [0.2, 0.25) is 0 Å². The maximum atomic E-state index is 12.2. The van der Waals surface area contributed by atoms with Crippen LogP contribution < -0.4 is 16.0 Å². The number of rotatable bonds is 5. The van der Waals surface area contributed by atoms with Gasteiger partial charge in [0.25, 0.3) is 0 Å². The van der Waals surface area contributed by atoms with E-state index in [0.717, 1.165) is 52.2 Å². The molecule has 1 saturated carbocycles. The molecule has 3 N–H and O–H groups in total. The molecule has 3 aliphatic heterocycles. The zero-order chi connectivity index (χ0) is 20.0. The minimum Gasteiger partial charge on any atom is -0.369 e. The number of hydrogen-bond donors (Lipinski definition) is 2. The van der Waals surface area contributed by atoms with Crippen molar-refractivity contribution in [2.24, 2.45) is 5.73 Å². The number of hydrogen-bond acceptors (Lipinski definition) is 6. The number of benzene rings is 1. The minimum absolute atomic E-state index is 0.143. The summed E-state index contributed by atoms with van der Waals surface area (Å²) in [5, 5.41) is 2.48. The standard InChI is InChI=1S/C22H31N5O2/c23-22(5-6-22)7-8-25-9-11-26(12-10-25)18-2-1-16-14-27(15-17(16)13-18)19-3-4-20(28)24-21(19)29/h1-2,13,19H,3-12,14-15,23H2,(H,24,28,29). The van der Waals surface area contributed by atoms with Gasteiger partial charge in [0.15, 0.2) is 0 Å². The van der Waals surface area contributed by atoms with Gasteiger partial charge in [-0.1, -0.05) is 6.07 Å². The van der Waals surface area contributed by atoms with Crippen molar-refractivity contribution in [3.63, 3.8) is 0 Å². The Hall–Kier alpha value is -1.96. The summed E-state index contributed by atoms with van der Waals surface area (Å²) in [6.45, 7) is 6.98. The molecule has 0 bridgehead atoms. The van der Waals surface area contributed by atoms with Crippen LogP contribution in [0.4, 0.5) is 5.69 Å². The molecular weight excluding hydrogens is 366 g/mol. The first kappa shape index (κ1) is 19.0. The summed E-state index contributed by atoms with van der Waals surface area (Å²) in [4.78, 5) is 30.9. The zero-order valence-electron chi connectivity index (χ0n) is 17.0. The number of amides is 2. The molecule has 1 aliphatic carbocycles. The monoisotopic (exact) mass is 397 g/mol. The molecule has 0 radical (unpaired) electrons. The predicted molar refractivity (Wildman–Crippen MR) is 111 cm³/mol. The zero-order valence-corrected chi connectivity index (χ0v) is 17.0. The molecule has 2 saturated heterocycles. The van der Waals surface area contributed by atoms with Crippen LogP contribution in [-0.2, 0) is 22.7 Å². The highest BCUT2D eigenvalue weighted by molar-refractivity contribution is 6.00. The molecule has 7 nitrogen and oxygen atoms in total. The molecule has 7 heteroatoms. The van der Waals surface area contributed by atoms with Crippen molar-refractivity contribution < 1.29 is 9.59 Å². The van der Waals surface area contributed by atoms with Gasteiger partial charge < -0.3 is 10.6 Å². The van der Waals surface area contributed by atoms with Crippen molar-refractivity contribution in [3.05, 3.63) is 29.3 Å². The lowest BCUT2D eigenvalue weighted by molar-refractivity contribution is -0.137. The first-order valence-electron chi connectivity index (χ1n) is 10.9. The molecular formula is C22H31N5O2. The fourth-order valence-corrected chi connectivity index (χ4v) is 4.88. The third-order valence-electron chi connectivity index (χ3n) is 7.14. The van der Waals surface area contributed by atoms with Crippen LogP contribution in [0, 0.1) is 0 Å². The highest BCUT2D eigenvalue weighted by Crippen LogP contribution is 2.36. The Bertz CT molecular complexity index is 813. The average Bonchev–Trinajstić information content (AvgIpc) is 3.30. The van der Waals surface area contributed by atoms with E-state index in [4.69, 9.17) is 5.73 Å². The van der Waals surface area contributed by atoms with Crippen molar-refractivity contribution in [3.8, 4) is 0 Å². The van der Waals surface area contributed by atoms with E-state index >= 15 is 0 Å². The van der Waals surface area contributed by atoms with Gasteiger partial charge in [-0.15, -0.1) is 0 Å². The van der Waals surface area contributed by atoms with Gasteiger partial charge in [-0.05, 0) is 48.9 Å². The third kappa shape index (κ3) is 4.04. The molecule has 1 aromatic carbocycles. The maximum Gasteiger partial charge on any atom is 0.243 e. The number of piperazine rings is 1. The smallest absolute Gasteiger partial charge is 0.243 e. The van der Waals surface area contributed by atoms with Crippen LogP contribution in [0.3, 0.4) is 0 Å². The number of nitrogens with one attached hydrogen (secondary N) is 1. The molecule has 1 aromatic rings. The highest BCUT2D eigenvalue weighted by atomic mass is 16.2. The van der Waals surface area contributed by atoms with Crippen LogP contribution >= 0.6 is 0 Å². The second-order valence-electron chi connectivity index (χ2n) is 9.27. The summed E-state index contributed by atoms with van der Waals surface area (Å²) >= 11 is 0. The molecule has 5 rings (SSSR count). The summed E-state index contributed by atoms with van der Waals surface area (Å²) < 4.78 is 0. The lowest BCUT2D eigenvalue weighted by Gasteiger charge is -2.36. The fourth-order valence-electron chi connectivity index (χ4n) is 4.88. The molecule has 3 heterocycles. The molecule has 0 aromatic heterocycles. The maximum absolute atomic E-state index is 12.2. The van der Waals surface area contributed by atoms with Crippen LogP contribution in [0.5, 0.6) is 0 Å². The number of nitrogens with zero attached hydrogens (tertiary/aromatic N) is 3. The lowest BCUT2D eigenvalue weighted by atomic mass is 10.0. The van der Waals surface area contributed by atoms with E-state index in [1.165, 1.54) is 29.7 Å². The van der Waals surface area contributed by atoms with E-state index in [9.17, 15) is 9.59 Å². The van der Waals surface area contributed by atoms with Crippen molar-refractivity contribution in [1.82, 2.24) is 15.1 Å². The normalized spacial score (nSPS) is 27.1. The van der Waals surface area contributed by atoms with Gasteiger partial charge in [0.1, 0.15) is 0 Å². The number of fused-ring (bicyclic) bond motifs is 1. The van der Waals surface area contributed by atoms with Gasteiger partial charge in [-0.25, -0.2) is 0 Å². The Balaban J connectivity index is 1.17. The van der Waals surface area contributed by atoms with Crippen molar-refractivity contribution in [2.75, 3.05) is 37.6 Å². The van der Waals surface area contributed by atoms with Crippen LogP contribution in [0.25, 0.3) is 0 Å². The second kappa shape index (κ2) is 7.38. The van der Waals surface area contributed by atoms with Gasteiger partial charge in [0.05, 0.1) is 6.04 Å². The lowest BCUT2D eigenvalue weighted by Crippen LogP contribution is -2.50. The SMILES string of the molecule is NC1(CCN2CCN(c3ccc4c(c3)CN(C3CCC(=O)NC3=O)C4)CC2)CC1. The Labute approximate surface area is 172 Å². The molecule has 3 fully saturated rings. The fraction of sp³-hybridized carbons (Fsp3) is 0.636. The van der Waals surface area contributed by atoms with E-state index in [2.05, 4.69) is 38.2 Å². The number of nitrogens with two attached hydrogens (primary N) is 1. The Morgan fingerprint density at radius 2 is 1.83 bits per heavy atom. The Kier molecular flexibility index (Phi) is 4.84. The summed E-state index contributed by atoms with van der Waals surface area (Å²) in [6, 6.07) is 6.55. The molecule has 4 aliphatic rings. The van der Waals surface area contributed by atoms with Crippen LogP contribution in [0.15, 0.2) is 18.2 Å². The molecule has 1 atom stereocenters. The molecule has 156 valence electrons. The van der Waals surface area contributed by atoms with E-state index in [0.29, 0.717) is 12.8 Å². The highest BCUT2D eigenvalue weighted by Gasteiger charge is 2.38. The van der Waals surface area contributed by atoms with Gasteiger partial charge in [0, 0.05) is 63.5 Å². The van der Waals surface area contributed by atoms with Gasteiger partial charge in [0.2, 0.25) is 11.8 Å². The third-order valence-corrected chi connectivity index (χ3v) is 7.14. The predicted octanol–water partition coefficient (Wildman–Crippen LogP) is 0.811. The largest absolute Gasteiger partial charge is 0.369 e. The van der Waals surface area contributed by atoms with Crippen LogP contribution in [0.1, 0.15) is 43.2 Å². The van der Waals surface area contributed by atoms with Gasteiger partial charge >= 0.3 is 0 Å². The van der Waals surface area contributed by atoms with Crippen molar-refractivity contribution in [2.45, 2.75) is 56.8 Å². The average molecular weight is 398 g/mol. The number of piperidine rings is 1. The number of carbonyl (C=O) groups excluding carboxylic acids is 2. The van der Waals surface area contributed by atoms with Crippen LogP contribution in [-0.4, -0.2) is 65.9 Å². The van der Waals surface area contributed by atoms with Gasteiger partial charge in [-0.3, -0.25) is 24.7 Å².